The van der Waals surface area contributed by atoms with Crippen LogP contribution in [0, 0.1) is 12.8 Å². The number of rotatable bonds is 5. The minimum atomic E-state index is -0.00894. The number of thiazole rings is 1. The number of carbonyl (C=O) groups excluding carboxylic acids is 1. The van der Waals surface area contributed by atoms with Crippen LogP contribution < -0.4 is 5.56 Å². The first-order valence-corrected chi connectivity index (χ1v) is 9.89. The predicted molar refractivity (Wildman–Crippen MR) is 100 cm³/mol. The fourth-order valence-corrected chi connectivity index (χ4v) is 4.43. The first-order valence-electron chi connectivity index (χ1n) is 9.01. The fourth-order valence-electron chi connectivity index (χ4n) is 3.54. The van der Waals surface area contributed by atoms with E-state index in [0.29, 0.717) is 6.54 Å². The molecule has 0 atom stereocenters. The largest absolute Gasteiger partial charge is 0.343 e. The van der Waals surface area contributed by atoms with E-state index in [1.807, 2.05) is 31.1 Å². The van der Waals surface area contributed by atoms with Gasteiger partial charge >= 0.3 is 0 Å². The van der Waals surface area contributed by atoms with E-state index in [1.165, 1.54) is 11.3 Å². The quantitative estimate of drug-likeness (QED) is 0.818. The first-order chi connectivity index (χ1) is 12.0. The summed E-state index contributed by atoms with van der Waals surface area (Å²) >= 11 is 1.50. The Morgan fingerprint density at radius 2 is 2.00 bits per heavy atom. The van der Waals surface area contributed by atoms with Gasteiger partial charge in [-0.2, -0.15) is 0 Å². The van der Waals surface area contributed by atoms with Crippen LogP contribution in [0.4, 0.5) is 0 Å². The molecule has 136 valence electrons. The van der Waals surface area contributed by atoms with Crippen LogP contribution in [0.5, 0.6) is 0 Å². The standard InChI is InChI=1S/C18H26N4O2S/c1-4-21(5-2)17(24)14-6-8-20(9-7-14)11-15-10-16(23)22-13(3)12-25-18(22)19-15/h10,12,14H,4-9,11H2,1-3H3. The van der Waals surface area contributed by atoms with Gasteiger partial charge in [-0.1, -0.05) is 0 Å². The van der Waals surface area contributed by atoms with Crippen LogP contribution in [-0.4, -0.2) is 51.3 Å². The Labute approximate surface area is 152 Å². The van der Waals surface area contributed by atoms with Crippen molar-refractivity contribution in [3.8, 4) is 0 Å². The molecule has 0 spiro atoms. The number of fused-ring (bicyclic) bond motifs is 1. The van der Waals surface area contributed by atoms with Crippen LogP contribution in [0.25, 0.3) is 4.96 Å². The van der Waals surface area contributed by atoms with Crippen LogP contribution in [0.1, 0.15) is 38.1 Å². The average molecular weight is 362 g/mol. The molecule has 0 unspecified atom stereocenters. The summed E-state index contributed by atoms with van der Waals surface area (Å²) in [6.07, 6.45) is 1.77. The SMILES string of the molecule is CCN(CC)C(=O)C1CCN(Cc2cc(=O)n3c(C)csc3n2)CC1. The topological polar surface area (TPSA) is 57.9 Å². The molecule has 0 N–H and O–H groups in total. The zero-order valence-electron chi connectivity index (χ0n) is 15.2. The van der Waals surface area contributed by atoms with E-state index in [4.69, 9.17) is 0 Å². The van der Waals surface area contributed by atoms with Crippen molar-refractivity contribution >= 4 is 22.2 Å². The van der Waals surface area contributed by atoms with Crippen molar-refractivity contribution < 1.29 is 4.79 Å². The Kier molecular flexibility index (Phi) is 5.54. The summed E-state index contributed by atoms with van der Waals surface area (Å²) in [5, 5.41) is 1.96. The number of amides is 1. The van der Waals surface area contributed by atoms with Crippen molar-refractivity contribution in [2.45, 2.75) is 40.2 Å². The summed E-state index contributed by atoms with van der Waals surface area (Å²) in [5.74, 6) is 0.425. The van der Waals surface area contributed by atoms with Gasteiger partial charge in [0.15, 0.2) is 4.96 Å². The number of likely N-dealkylation sites (tertiary alicyclic amines) is 1. The number of carbonyl (C=O) groups is 1. The van der Waals surface area contributed by atoms with Crippen LogP contribution in [-0.2, 0) is 11.3 Å². The summed E-state index contributed by atoms with van der Waals surface area (Å²) in [5.41, 5.74) is 1.74. The lowest BCUT2D eigenvalue weighted by Gasteiger charge is -2.33. The molecule has 1 fully saturated rings. The van der Waals surface area contributed by atoms with Crippen molar-refractivity contribution in [1.29, 1.82) is 0 Å². The molecule has 3 heterocycles. The maximum Gasteiger partial charge on any atom is 0.259 e. The van der Waals surface area contributed by atoms with Gasteiger partial charge in [0.05, 0.1) is 5.69 Å². The monoisotopic (exact) mass is 362 g/mol. The van der Waals surface area contributed by atoms with Crippen LogP contribution >= 0.6 is 11.3 Å². The van der Waals surface area contributed by atoms with Crippen molar-refractivity contribution in [2.24, 2.45) is 5.92 Å². The van der Waals surface area contributed by atoms with Gasteiger partial charge in [0.2, 0.25) is 5.91 Å². The number of hydrogen-bond donors (Lipinski definition) is 0. The molecule has 1 aliphatic heterocycles. The summed E-state index contributed by atoms with van der Waals surface area (Å²) in [6.45, 7) is 9.98. The third-order valence-electron chi connectivity index (χ3n) is 5.03. The van der Waals surface area contributed by atoms with Gasteiger partial charge in [0, 0.05) is 42.7 Å². The van der Waals surface area contributed by atoms with E-state index in [-0.39, 0.29) is 17.4 Å². The second-order valence-corrected chi connectivity index (χ2v) is 7.48. The van der Waals surface area contributed by atoms with Crippen LogP contribution in [0.2, 0.25) is 0 Å². The Balaban J connectivity index is 1.63. The predicted octanol–water partition coefficient (Wildman–Crippen LogP) is 2.14. The lowest BCUT2D eigenvalue weighted by atomic mass is 9.95. The number of piperidine rings is 1. The second-order valence-electron chi connectivity index (χ2n) is 6.64. The Bertz CT molecular complexity index is 801. The van der Waals surface area contributed by atoms with Gasteiger partial charge in [0.25, 0.3) is 5.56 Å². The molecule has 6 nitrogen and oxygen atoms in total. The molecule has 2 aromatic heterocycles. The highest BCUT2D eigenvalue weighted by Gasteiger charge is 2.27. The Morgan fingerprint density at radius 1 is 1.32 bits per heavy atom. The highest BCUT2D eigenvalue weighted by Crippen LogP contribution is 2.21. The van der Waals surface area contributed by atoms with E-state index in [1.54, 1.807) is 10.5 Å². The summed E-state index contributed by atoms with van der Waals surface area (Å²) in [4.78, 5) is 34.3. The Morgan fingerprint density at radius 3 is 2.64 bits per heavy atom. The highest BCUT2D eigenvalue weighted by molar-refractivity contribution is 7.15. The van der Waals surface area contributed by atoms with E-state index < -0.39 is 0 Å². The zero-order valence-corrected chi connectivity index (χ0v) is 16.0. The summed E-state index contributed by atoms with van der Waals surface area (Å²) in [7, 11) is 0. The van der Waals surface area contributed by atoms with Crippen LogP contribution in [0.15, 0.2) is 16.2 Å². The van der Waals surface area contributed by atoms with Gasteiger partial charge in [-0.25, -0.2) is 4.98 Å². The molecule has 0 aromatic carbocycles. The van der Waals surface area contributed by atoms with Crippen molar-refractivity contribution in [3.05, 3.63) is 33.2 Å². The summed E-state index contributed by atoms with van der Waals surface area (Å²) < 4.78 is 1.66. The fraction of sp³-hybridized carbons (Fsp3) is 0.611. The van der Waals surface area contributed by atoms with Gasteiger partial charge in [0.1, 0.15) is 0 Å². The molecule has 0 radical (unpaired) electrons. The highest BCUT2D eigenvalue weighted by atomic mass is 32.1. The molecular formula is C18H26N4O2S. The molecule has 25 heavy (non-hydrogen) atoms. The molecule has 1 aliphatic rings. The van der Waals surface area contributed by atoms with Gasteiger partial charge < -0.3 is 4.90 Å². The van der Waals surface area contributed by atoms with Gasteiger partial charge in [-0.15, -0.1) is 11.3 Å². The first kappa shape index (κ1) is 18.1. The normalized spacial score (nSPS) is 16.4. The lowest BCUT2D eigenvalue weighted by Crippen LogP contribution is -2.42. The smallest absolute Gasteiger partial charge is 0.259 e. The maximum absolute atomic E-state index is 12.5. The minimum Gasteiger partial charge on any atom is -0.343 e. The molecule has 0 saturated carbocycles. The summed E-state index contributed by atoms with van der Waals surface area (Å²) in [6, 6.07) is 1.64. The molecule has 7 heteroatoms. The van der Waals surface area contributed by atoms with E-state index in [2.05, 4.69) is 9.88 Å². The molecular weight excluding hydrogens is 336 g/mol. The molecule has 3 rings (SSSR count). The lowest BCUT2D eigenvalue weighted by molar-refractivity contribution is -0.136. The molecule has 0 bridgehead atoms. The van der Waals surface area contributed by atoms with Gasteiger partial charge in [-0.3, -0.25) is 18.9 Å². The zero-order chi connectivity index (χ0) is 18.0. The third kappa shape index (κ3) is 3.77. The van der Waals surface area contributed by atoms with Crippen LogP contribution in [0.3, 0.4) is 0 Å². The van der Waals surface area contributed by atoms with Gasteiger partial charge in [-0.05, 0) is 46.7 Å². The van der Waals surface area contributed by atoms with Crippen molar-refractivity contribution in [1.82, 2.24) is 19.2 Å². The van der Waals surface area contributed by atoms with E-state index in [9.17, 15) is 9.59 Å². The number of hydrogen-bond acceptors (Lipinski definition) is 5. The van der Waals surface area contributed by atoms with E-state index in [0.717, 1.165) is 55.4 Å². The maximum atomic E-state index is 12.5. The molecule has 2 aromatic rings. The molecule has 1 amide bonds. The average Bonchev–Trinajstić information content (AvgIpc) is 2.98. The number of aromatic nitrogens is 2. The number of nitrogens with zero attached hydrogens (tertiary/aromatic N) is 4. The number of aryl methyl sites for hydroxylation is 1. The Hall–Kier alpha value is -1.73. The third-order valence-corrected chi connectivity index (χ3v) is 5.97. The van der Waals surface area contributed by atoms with E-state index >= 15 is 0 Å². The van der Waals surface area contributed by atoms with Crippen molar-refractivity contribution in [3.63, 3.8) is 0 Å². The second kappa shape index (κ2) is 7.66. The minimum absolute atomic E-state index is 0.00894. The van der Waals surface area contributed by atoms with Crippen molar-refractivity contribution in [2.75, 3.05) is 26.2 Å². The molecule has 1 saturated heterocycles. The molecule has 0 aliphatic carbocycles.